The molecule has 0 unspecified atom stereocenters. The van der Waals surface area contributed by atoms with Crippen LogP contribution in [0.1, 0.15) is 26.7 Å². The molecule has 0 heterocycles. The highest BCUT2D eigenvalue weighted by atomic mass is 19.4. The lowest BCUT2D eigenvalue weighted by Gasteiger charge is -2.29. The van der Waals surface area contributed by atoms with Crippen molar-refractivity contribution < 1.29 is 32.7 Å². The van der Waals surface area contributed by atoms with Crippen molar-refractivity contribution in [3.63, 3.8) is 0 Å². The second kappa shape index (κ2) is 7.70. The second-order valence-electron chi connectivity index (χ2n) is 4.68. The van der Waals surface area contributed by atoms with E-state index in [2.05, 4.69) is 0 Å². The molecule has 1 atom stereocenters. The Balaban J connectivity index is 4.83. The molecule has 122 valence electrons. The summed E-state index contributed by atoms with van der Waals surface area (Å²) in [5.74, 6) is -2.23. The molecular formula is C11H18F3N3O4. The Morgan fingerprint density at radius 1 is 1.29 bits per heavy atom. The highest BCUT2D eigenvalue weighted by Crippen LogP contribution is 2.18. The van der Waals surface area contributed by atoms with Crippen LogP contribution in [0.4, 0.5) is 18.0 Å². The maximum atomic E-state index is 12.4. The third-order valence-corrected chi connectivity index (χ3v) is 2.51. The topological polar surface area (TPSA) is 113 Å². The highest BCUT2D eigenvalue weighted by molar-refractivity contribution is 5.83. The number of amides is 3. The number of rotatable bonds is 7. The number of urea groups is 1. The van der Waals surface area contributed by atoms with Crippen LogP contribution in [0, 0.1) is 0 Å². The molecule has 4 N–H and O–H groups in total. The minimum atomic E-state index is -4.60. The molecule has 10 heteroatoms. The first-order valence-electron chi connectivity index (χ1n) is 6.09. The Bertz CT molecular complexity index is 399. The van der Waals surface area contributed by atoms with E-state index in [1.807, 2.05) is 5.32 Å². The molecule has 0 rings (SSSR count). The van der Waals surface area contributed by atoms with E-state index in [0.29, 0.717) is 4.90 Å². The number of nitrogens with one attached hydrogen (secondary N) is 1. The van der Waals surface area contributed by atoms with E-state index >= 15 is 0 Å². The third-order valence-electron chi connectivity index (χ3n) is 2.51. The molecular weight excluding hydrogens is 295 g/mol. The van der Waals surface area contributed by atoms with Gasteiger partial charge in [-0.25, -0.2) is 9.59 Å². The van der Waals surface area contributed by atoms with Crippen molar-refractivity contribution in [3.05, 3.63) is 0 Å². The molecule has 0 aromatic heterocycles. The number of carbonyl (C=O) groups excluding carboxylic acids is 2. The van der Waals surface area contributed by atoms with E-state index < -0.39 is 42.7 Å². The minimum absolute atomic E-state index is 0.297. The van der Waals surface area contributed by atoms with Gasteiger partial charge in [-0.1, -0.05) is 0 Å². The van der Waals surface area contributed by atoms with E-state index in [9.17, 15) is 27.6 Å². The van der Waals surface area contributed by atoms with E-state index in [-0.39, 0.29) is 12.8 Å². The largest absolute Gasteiger partial charge is 0.480 e. The van der Waals surface area contributed by atoms with Gasteiger partial charge in [0.1, 0.15) is 12.6 Å². The van der Waals surface area contributed by atoms with Gasteiger partial charge in [0, 0.05) is 12.5 Å². The fraction of sp³-hybridized carbons (Fsp3) is 0.727. The summed E-state index contributed by atoms with van der Waals surface area (Å²) in [6.45, 7) is 1.23. The molecule has 0 aliphatic rings. The predicted octanol–water partition coefficient (Wildman–Crippen LogP) is 0.687. The summed E-state index contributed by atoms with van der Waals surface area (Å²) >= 11 is 0. The quantitative estimate of drug-likeness (QED) is 0.641. The standard InChI is InChI=1S/C11H18F3N3O4/c1-6(2)17(5-11(12,13)14)10(21)16-7(9(19)20)3-4-8(15)18/h6-7H,3-5H2,1-2H3,(H2,15,18)(H,16,21)(H,19,20)/t7-/m1/s1. The van der Waals surface area contributed by atoms with Crippen LogP contribution in [0.5, 0.6) is 0 Å². The minimum Gasteiger partial charge on any atom is -0.480 e. The Morgan fingerprint density at radius 2 is 1.81 bits per heavy atom. The number of carboxylic acid groups (broad SMARTS) is 1. The zero-order chi connectivity index (χ0) is 16.8. The Labute approximate surface area is 119 Å². The molecule has 0 saturated carbocycles. The van der Waals surface area contributed by atoms with Gasteiger partial charge in [0.2, 0.25) is 5.91 Å². The fourth-order valence-corrected chi connectivity index (χ4v) is 1.46. The number of alkyl halides is 3. The van der Waals surface area contributed by atoms with Gasteiger partial charge in [-0.3, -0.25) is 4.79 Å². The Kier molecular flexibility index (Phi) is 6.96. The average Bonchev–Trinajstić information content (AvgIpc) is 2.29. The monoisotopic (exact) mass is 313 g/mol. The van der Waals surface area contributed by atoms with E-state index in [4.69, 9.17) is 10.8 Å². The van der Waals surface area contributed by atoms with Crippen LogP contribution in [0.15, 0.2) is 0 Å². The Morgan fingerprint density at radius 3 is 2.14 bits per heavy atom. The molecule has 21 heavy (non-hydrogen) atoms. The maximum absolute atomic E-state index is 12.4. The molecule has 3 amide bonds. The van der Waals surface area contributed by atoms with Crippen LogP contribution in [0.2, 0.25) is 0 Å². The summed E-state index contributed by atoms with van der Waals surface area (Å²) in [4.78, 5) is 33.7. The highest BCUT2D eigenvalue weighted by Gasteiger charge is 2.35. The summed E-state index contributed by atoms with van der Waals surface area (Å²) in [6, 6.07) is -3.43. The number of hydrogen-bond acceptors (Lipinski definition) is 3. The summed E-state index contributed by atoms with van der Waals surface area (Å²) in [5, 5.41) is 10.8. The van der Waals surface area contributed by atoms with Crippen molar-refractivity contribution in [3.8, 4) is 0 Å². The van der Waals surface area contributed by atoms with Gasteiger partial charge in [-0.15, -0.1) is 0 Å². The summed E-state index contributed by atoms with van der Waals surface area (Å²) < 4.78 is 37.1. The first-order valence-corrected chi connectivity index (χ1v) is 6.09. The SMILES string of the molecule is CC(C)N(CC(F)(F)F)C(=O)N[C@H](CCC(N)=O)C(=O)O. The van der Waals surface area contributed by atoms with E-state index in [1.54, 1.807) is 0 Å². The number of nitrogens with two attached hydrogens (primary N) is 1. The Hall–Kier alpha value is -2.00. The number of carboxylic acids is 1. The zero-order valence-electron chi connectivity index (χ0n) is 11.6. The van der Waals surface area contributed by atoms with Gasteiger partial charge >= 0.3 is 18.2 Å². The fourth-order valence-electron chi connectivity index (χ4n) is 1.46. The normalized spacial score (nSPS) is 12.9. The molecule has 0 bridgehead atoms. The number of nitrogens with zero attached hydrogens (tertiary/aromatic N) is 1. The average molecular weight is 313 g/mol. The number of primary amides is 1. The second-order valence-corrected chi connectivity index (χ2v) is 4.68. The van der Waals surface area contributed by atoms with Crippen LogP contribution in [-0.4, -0.2) is 52.7 Å². The van der Waals surface area contributed by atoms with Crippen molar-refractivity contribution in [2.75, 3.05) is 6.54 Å². The first-order chi connectivity index (χ1) is 9.44. The molecule has 7 nitrogen and oxygen atoms in total. The summed E-state index contributed by atoms with van der Waals surface area (Å²) in [7, 11) is 0. The number of halogens is 3. The lowest BCUT2D eigenvalue weighted by atomic mass is 10.1. The smallest absolute Gasteiger partial charge is 0.406 e. The van der Waals surface area contributed by atoms with Crippen LogP contribution >= 0.6 is 0 Å². The van der Waals surface area contributed by atoms with Crippen molar-refractivity contribution in [2.24, 2.45) is 5.73 Å². The third kappa shape index (κ3) is 8.00. The van der Waals surface area contributed by atoms with Crippen LogP contribution in [-0.2, 0) is 9.59 Å². The van der Waals surface area contributed by atoms with Crippen LogP contribution in [0.3, 0.4) is 0 Å². The molecule has 0 fully saturated rings. The molecule has 0 spiro atoms. The molecule has 0 saturated heterocycles. The van der Waals surface area contributed by atoms with Crippen molar-refractivity contribution >= 4 is 17.9 Å². The van der Waals surface area contributed by atoms with Crippen LogP contribution in [0.25, 0.3) is 0 Å². The predicted molar refractivity (Wildman–Crippen MR) is 66.3 cm³/mol. The molecule has 0 aromatic carbocycles. The number of hydrogen-bond donors (Lipinski definition) is 3. The van der Waals surface area contributed by atoms with Crippen molar-refractivity contribution in [1.82, 2.24) is 10.2 Å². The van der Waals surface area contributed by atoms with E-state index in [0.717, 1.165) is 0 Å². The lowest BCUT2D eigenvalue weighted by Crippen LogP contribution is -2.52. The van der Waals surface area contributed by atoms with E-state index in [1.165, 1.54) is 13.8 Å². The van der Waals surface area contributed by atoms with Gasteiger partial charge in [-0.05, 0) is 20.3 Å². The zero-order valence-corrected chi connectivity index (χ0v) is 11.6. The molecule has 0 aliphatic carbocycles. The van der Waals surface area contributed by atoms with Gasteiger partial charge in [0.05, 0.1) is 0 Å². The van der Waals surface area contributed by atoms with Gasteiger partial charge in [0.25, 0.3) is 0 Å². The van der Waals surface area contributed by atoms with Gasteiger partial charge in [0.15, 0.2) is 0 Å². The van der Waals surface area contributed by atoms with Crippen LogP contribution < -0.4 is 11.1 Å². The molecule has 0 aliphatic heterocycles. The van der Waals surface area contributed by atoms with Crippen molar-refractivity contribution in [1.29, 1.82) is 0 Å². The van der Waals surface area contributed by atoms with Crippen molar-refractivity contribution in [2.45, 2.75) is 44.9 Å². The lowest BCUT2D eigenvalue weighted by molar-refractivity contribution is -0.143. The summed E-state index contributed by atoms with van der Waals surface area (Å²) in [5.41, 5.74) is 4.86. The maximum Gasteiger partial charge on any atom is 0.406 e. The molecule has 0 aromatic rings. The number of carbonyl (C=O) groups is 3. The number of aliphatic carboxylic acids is 1. The summed E-state index contributed by atoms with van der Waals surface area (Å²) in [6.07, 6.45) is -5.21. The first kappa shape index (κ1) is 19.0. The van der Waals surface area contributed by atoms with Gasteiger partial charge < -0.3 is 21.1 Å². The molecule has 0 radical (unpaired) electrons. The van der Waals surface area contributed by atoms with Gasteiger partial charge in [-0.2, -0.15) is 13.2 Å².